The molecule has 1 fully saturated rings. The SMILES string of the molecule is COCCCN(C)CCNC(=O)CCC1CCNC1. The van der Waals surface area contributed by atoms with E-state index in [1.807, 2.05) is 0 Å². The van der Waals surface area contributed by atoms with Gasteiger partial charge in [0.1, 0.15) is 0 Å². The molecular formula is C14H29N3O2. The third-order valence-electron chi connectivity index (χ3n) is 3.65. The first-order chi connectivity index (χ1) is 9.22. The second-order valence-electron chi connectivity index (χ2n) is 5.40. The van der Waals surface area contributed by atoms with Gasteiger partial charge < -0.3 is 20.3 Å². The van der Waals surface area contributed by atoms with Crippen molar-refractivity contribution in [1.82, 2.24) is 15.5 Å². The molecule has 19 heavy (non-hydrogen) atoms. The van der Waals surface area contributed by atoms with E-state index in [0.717, 1.165) is 52.2 Å². The maximum Gasteiger partial charge on any atom is 0.220 e. The summed E-state index contributed by atoms with van der Waals surface area (Å²) in [5.74, 6) is 0.889. The number of rotatable bonds is 10. The molecule has 5 nitrogen and oxygen atoms in total. The quantitative estimate of drug-likeness (QED) is 0.567. The van der Waals surface area contributed by atoms with E-state index in [1.54, 1.807) is 7.11 Å². The predicted molar refractivity (Wildman–Crippen MR) is 77.2 cm³/mol. The van der Waals surface area contributed by atoms with Gasteiger partial charge in [-0.1, -0.05) is 0 Å². The zero-order valence-electron chi connectivity index (χ0n) is 12.4. The molecule has 1 aliphatic rings. The summed E-state index contributed by atoms with van der Waals surface area (Å²) in [4.78, 5) is 13.9. The van der Waals surface area contributed by atoms with Crippen molar-refractivity contribution in [1.29, 1.82) is 0 Å². The second-order valence-corrected chi connectivity index (χ2v) is 5.40. The Morgan fingerprint density at radius 3 is 3.00 bits per heavy atom. The number of nitrogens with one attached hydrogen (secondary N) is 2. The Kier molecular flexibility index (Phi) is 8.79. The Morgan fingerprint density at radius 1 is 1.47 bits per heavy atom. The predicted octanol–water partition coefficient (Wildman–Crippen LogP) is 0.461. The Hall–Kier alpha value is -0.650. The van der Waals surface area contributed by atoms with Gasteiger partial charge in [0.15, 0.2) is 0 Å². The molecule has 0 spiro atoms. The first-order valence-electron chi connectivity index (χ1n) is 7.37. The van der Waals surface area contributed by atoms with Crippen molar-refractivity contribution in [2.45, 2.75) is 25.7 Å². The van der Waals surface area contributed by atoms with Crippen LogP contribution >= 0.6 is 0 Å². The van der Waals surface area contributed by atoms with E-state index in [2.05, 4.69) is 22.6 Å². The van der Waals surface area contributed by atoms with Gasteiger partial charge in [0, 0.05) is 39.8 Å². The molecule has 0 aromatic carbocycles. The molecule has 5 heteroatoms. The van der Waals surface area contributed by atoms with E-state index in [0.29, 0.717) is 12.3 Å². The van der Waals surface area contributed by atoms with Crippen LogP contribution in [0.2, 0.25) is 0 Å². The maximum absolute atomic E-state index is 11.7. The number of carbonyl (C=O) groups excluding carboxylic acids is 1. The van der Waals surface area contributed by atoms with E-state index >= 15 is 0 Å². The van der Waals surface area contributed by atoms with Crippen molar-refractivity contribution < 1.29 is 9.53 Å². The maximum atomic E-state index is 11.7. The summed E-state index contributed by atoms with van der Waals surface area (Å²) in [6.07, 6.45) is 3.94. The minimum Gasteiger partial charge on any atom is -0.385 e. The van der Waals surface area contributed by atoms with Gasteiger partial charge in [-0.25, -0.2) is 0 Å². The van der Waals surface area contributed by atoms with Crippen molar-refractivity contribution in [2.75, 3.05) is 53.5 Å². The zero-order valence-corrected chi connectivity index (χ0v) is 12.4. The van der Waals surface area contributed by atoms with Crippen molar-refractivity contribution in [3.05, 3.63) is 0 Å². The largest absolute Gasteiger partial charge is 0.385 e. The van der Waals surface area contributed by atoms with Crippen LogP contribution in [0.1, 0.15) is 25.7 Å². The fourth-order valence-corrected chi connectivity index (χ4v) is 2.36. The van der Waals surface area contributed by atoms with Crippen LogP contribution in [0.15, 0.2) is 0 Å². The van der Waals surface area contributed by atoms with Crippen LogP contribution < -0.4 is 10.6 Å². The van der Waals surface area contributed by atoms with Gasteiger partial charge in [-0.3, -0.25) is 4.79 Å². The molecule has 112 valence electrons. The lowest BCUT2D eigenvalue weighted by atomic mass is 10.0. The fraction of sp³-hybridized carbons (Fsp3) is 0.929. The highest BCUT2D eigenvalue weighted by atomic mass is 16.5. The van der Waals surface area contributed by atoms with E-state index in [1.165, 1.54) is 6.42 Å². The summed E-state index contributed by atoms with van der Waals surface area (Å²) in [6.45, 7) is 5.64. The van der Waals surface area contributed by atoms with Gasteiger partial charge in [-0.05, 0) is 45.3 Å². The fourth-order valence-electron chi connectivity index (χ4n) is 2.36. The zero-order chi connectivity index (χ0) is 13.9. The summed E-state index contributed by atoms with van der Waals surface area (Å²) in [5.41, 5.74) is 0. The number of amides is 1. The smallest absolute Gasteiger partial charge is 0.220 e. The van der Waals surface area contributed by atoms with E-state index in [4.69, 9.17) is 4.74 Å². The van der Waals surface area contributed by atoms with Crippen molar-refractivity contribution >= 4 is 5.91 Å². The number of hydrogen-bond donors (Lipinski definition) is 2. The third kappa shape index (κ3) is 8.18. The van der Waals surface area contributed by atoms with Crippen LogP contribution in [-0.4, -0.2) is 64.3 Å². The molecule has 1 atom stereocenters. The molecule has 0 aromatic heterocycles. The number of nitrogens with zero attached hydrogens (tertiary/aromatic N) is 1. The average Bonchev–Trinajstić information content (AvgIpc) is 2.90. The molecule has 0 bridgehead atoms. The molecule has 0 aliphatic carbocycles. The van der Waals surface area contributed by atoms with Gasteiger partial charge in [-0.15, -0.1) is 0 Å². The summed E-state index contributed by atoms with van der Waals surface area (Å²) < 4.78 is 5.01. The molecule has 1 saturated heterocycles. The number of methoxy groups -OCH3 is 1. The van der Waals surface area contributed by atoms with Crippen LogP contribution in [0.25, 0.3) is 0 Å². The van der Waals surface area contributed by atoms with Crippen molar-refractivity contribution in [2.24, 2.45) is 5.92 Å². The lowest BCUT2D eigenvalue weighted by molar-refractivity contribution is -0.121. The van der Waals surface area contributed by atoms with Gasteiger partial charge in [0.05, 0.1) is 0 Å². The normalized spacial score (nSPS) is 19.0. The van der Waals surface area contributed by atoms with Gasteiger partial charge >= 0.3 is 0 Å². The number of carbonyl (C=O) groups is 1. The number of hydrogen-bond acceptors (Lipinski definition) is 4. The molecule has 0 saturated carbocycles. The van der Waals surface area contributed by atoms with Crippen LogP contribution in [0.5, 0.6) is 0 Å². The molecule has 1 amide bonds. The second kappa shape index (κ2) is 10.2. The topological polar surface area (TPSA) is 53.6 Å². The van der Waals surface area contributed by atoms with E-state index in [9.17, 15) is 4.79 Å². The van der Waals surface area contributed by atoms with Crippen LogP contribution in [0, 0.1) is 5.92 Å². The average molecular weight is 271 g/mol. The minimum atomic E-state index is 0.192. The summed E-state index contributed by atoms with van der Waals surface area (Å²) in [5, 5.41) is 6.33. The van der Waals surface area contributed by atoms with Gasteiger partial charge in [-0.2, -0.15) is 0 Å². The van der Waals surface area contributed by atoms with Crippen molar-refractivity contribution in [3.63, 3.8) is 0 Å². The highest BCUT2D eigenvalue weighted by Crippen LogP contribution is 2.13. The Labute approximate surface area is 117 Å². The molecular weight excluding hydrogens is 242 g/mol. The first kappa shape index (κ1) is 16.4. The van der Waals surface area contributed by atoms with E-state index in [-0.39, 0.29) is 5.91 Å². The first-order valence-corrected chi connectivity index (χ1v) is 7.37. The summed E-state index contributed by atoms with van der Waals surface area (Å²) in [7, 11) is 3.80. The van der Waals surface area contributed by atoms with Crippen LogP contribution in [-0.2, 0) is 9.53 Å². The molecule has 2 N–H and O–H groups in total. The molecule has 0 aromatic rings. The lowest BCUT2D eigenvalue weighted by Gasteiger charge is -2.16. The monoisotopic (exact) mass is 271 g/mol. The van der Waals surface area contributed by atoms with Crippen molar-refractivity contribution in [3.8, 4) is 0 Å². The highest BCUT2D eigenvalue weighted by Gasteiger charge is 2.15. The van der Waals surface area contributed by atoms with Crippen LogP contribution in [0.4, 0.5) is 0 Å². The molecule has 1 rings (SSSR count). The highest BCUT2D eigenvalue weighted by molar-refractivity contribution is 5.75. The minimum absolute atomic E-state index is 0.192. The van der Waals surface area contributed by atoms with E-state index < -0.39 is 0 Å². The Bertz CT molecular complexity index is 243. The van der Waals surface area contributed by atoms with Crippen LogP contribution in [0.3, 0.4) is 0 Å². The number of likely N-dealkylation sites (N-methyl/N-ethyl adjacent to an activating group) is 1. The number of ether oxygens (including phenoxy) is 1. The van der Waals surface area contributed by atoms with Gasteiger partial charge in [0.25, 0.3) is 0 Å². The summed E-state index contributed by atoms with van der Waals surface area (Å²) in [6, 6.07) is 0. The lowest BCUT2D eigenvalue weighted by Crippen LogP contribution is -2.33. The van der Waals surface area contributed by atoms with Gasteiger partial charge in [0.2, 0.25) is 5.91 Å². The standard InChI is InChI=1S/C14H29N3O2/c1-17(9-3-11-19-2)10-8-16-14(18)5-4-13-6-7-15-12-13/h13,15H,3-12H2,1-2H3,(H,16,18). The Balaban J connectivity index is 1.94. The molecule has 0 radical (unpaired) electrons. The molecule has 1 unspecified atom stereocenters. The molecule has 1 heterocycles. The Morgan fingerprint density at radius 2 is 2.32 bits per heavy atom. The summed E-state index contributed by atoms with van der Waals surface area (Å²) >= 11 is 0. The molecule has 1 aliphatic heterocycles. The third-order valence-corrected chi connectivity index (χ3v) is 3.65.